The highest BCUT2D eigenvalue weighted by molar-refractivity contribution is 7.99. The molecule has 0 fully saturated rings. The number of furan rings is 1. The smallest absolute Gasteiger partial charge is 0.325 e. The monoisotopic (exact) mass is 495 g/mol. The second kappa shape index (κ2) is 10.6. The van der Waals surface area contributed by atoms with Crippen LogP contribution in [0.25, 0.3) is 11.4 Å². The highest BCUT2D eigenvalue weighted by Crippen LogP contribution is 2.26. The fourth-order valence-corrected chi connectivity index (χ4v) is 4.17. The van der Waals surface area contributed by atoms with Crippen LogP contribution in [0, 0.1) is 13.8 Å². The van der Waals surface area contributed by atoms with Crippen molar-refractivity contribution in [3.8, 4) is 11.4 Å². The Morgan fingerprint density at radius 1 is 1.09 bits per heavy atom. The van der Waals surface area contributed by atoms with Crippen LogP contribution in [0.1, 0.15) is 16.9 Å². The number of imide groups is 1. The first kappa shape index (κ1) is 23.6. The first-order chi connectivity index (χ1) is 16.4. The third-order valence-electron chi connectivity index (χ3n) is 4.93. The number of hydrogen-bond donors (Lipinski definition) is 2. The van der Waals surface area contributed by atoms with Crippen molar-refractivity contribution in [3.63, 3.8) is 0 Å². The summed E-state index contributed by atoms with van der Waals surface area (Å²) in [6, 6.07) is 16.0. The highest BCUT2D eigenvalue weighted by Gasteiger charge is 2.18. The number of nitrogens with zero attached hydrogens (tertiary/aromatic N) is 3. The van der Waals surface area contributed by atoms with Gasteiger partial charge in [0, 0.05) is 16.3 Å². The van der Waals surface area contributed by atoms with Gasteiger partial charge in [0.25, 0.3) is 0 Å². The van der Waals surface area contributed by atoms with Crippen molar-refractivity contribution < 1.29 is 14.0 Å². The van der Waals surface area contributed by atoms with E-state index in [0.717, 1.165) is 16.7 Å². The number of thioether (sulfide) groups is 1. The van der Waals surface area contributed by atoms with E-state index in [1.54, 1.807) is 30.5 Å². The Morgan fingerprint density at radius 2 is 1.88 bits per heavy atom. The Kier molecular flexibility index (Phi) is 7.34. The maximum atomic E-state index is 12.4. The lowest BCUT2D eigenvalue weighted by Crippen LogP contribution is -2.35. The molecule has 174 valence electrons. The molecule has 2 heterocycles. The minimum Gasteiger partial charge on any atom is -0.467 e. The number of halogens is 1. The lowest BCUT2D eigenvalue weighted by atomic mass is 10.1. The Bertz CT molecular complexity index is 1300. The Labute approximate surface area is 205 Å². The van der Waals surface area contributed by atoms with Gasteiger partial charge in [-0.25, -0.2) is 4.79 Å². The van der Waals surface area contributed by atoms with Crippen LogP contribution < -0.4 is 10.6 Å². The van der Waals surface area contributed by atoms with Crippen molar-refractivity contribution in [3.05, 3.63) is 82.8 Å². The summed E-state index contributed by atoms with van der Waals surface area (Å²) in [5, 5.41) is 14.7. The molecule has 0 atom stereocenters. The minimum absolute atomic E-state index is 0.0167. The number of urea groups is 1. The van der Waals surface area contributed by atoms with Crippen LogP contribution in [0.4, 0.5) is 10.5 Å². The van der Waals surface area contributed by atoms with E-state index in [1.165, 1.54) is 11.8 Å². The molecule has 0 aliphatic heterocycles. The van der Waals surface area contributed by atoms with E-state index in [0.29, 0.717) is 34.0 Å². The van der Waals surface area contributed by atoms with Crippen LogP contribution in [0.15, 0.2) is 70.4 Å². The molecule has 8 nitrogen and oxygen atoms in total. The largest absolute Gasteiger partial charge is 0.467 e. The molecular formula is C24H22ClN5O3S. The molecule has 2 aromatic heterocycles. The molecule has 4 aromatic rings. The van der Waals surface area contributed by atoms with Crippen molar-refractivity contribution >= 4 is 41.0 Å². The molecular weight excluding hydrogens is 474 g/mol. The normalized spacial score (nSPS) is 10.8. The van der Waals surface area contributed by atoms with Crippen LogP contribution in [-0.2, 0) is 11.3 Å². The first-order valence-electron chi connectivity index (χ1n) is 10.4. The molecule has 2 aromatic carbocycles. The molecule has 0 radical (unpaired) electrons. The number of aromatic nitrogens is 3. The van der Waals surface area contributed by atoms with Gasteiger partial charge >= 0.3 is 6.03 Å². The number of aryl methyl sites for hydroxylation is 2. The Hall–Kier alpha value is -3.56. The van der Waals surface area contributed by atoms with Crippen LogP contribution in [0.5, 0.6) is 0 Å². The molecule has 0 saturated carbocycles. The second-order valence-electron chi connectivity index (χ2n) is 7.59. The second-order valence-corrected chi connectivity index (χ2v) is 8.97. The topological polar surface area (TPSA) is 102 Å². The molecule has 2 N–H and O–H groups in total. The van der Waals surface area contributed by atoms with Gasteiger partial charge in [-0.1, -0.05) is 41.1 Å². The fourth-order valence-electron chi connectivity index (χ4n) is 3.31. The summed E-state index contributed by atoms with van der Waals surface area (Å²) in [6.45, 7) is 4.25. The van der Waals surface area contributed by atoms with Crippen molar-refractivity contribution in [2.24, 2.45) is 0 Å². The van der Waals surface area contributed by atoms with Crippen molar-refractivity contribution in [1.29, 1.82) is 0 Å². The molecule has 0 saturated heterocycles. The summed E-state index contributed by atoms with van der Waals surface area (Å²) in [6.07, 6.45) is 1.59. The zero-order chi connectivity index (χ0) is 24.1. The number of rotatable bonds is 7. The first-order valence-corrected chi connectivity index (χ1v) is 11.8. The summed E-state index contributed by atoms with van der Waals surface area (Å²) in [5.74, 6) is 0.864. The average Bonchev–Trinajstić information content (AvgIpc) is 3.45. The zero-order valence-electron chi connectivity index (χ0n) is 18.5. The van der Waals surface area contributed by atoms with E-state index in [9.17, 15) is 9.59 Å². The van der Waals surface area contributed by atoms with Crippen molar-refractivity contribution in [2.45, 2.75) is 25.5 Å². The molecule has 4 rings (SSSR count). The average molecular weight is 496 g/mol. The maximum absolute atomic E-state index is 12.4. The lowest BCUT2D eigenvalue weighted by Gasteiger charge is -2.10. The van der Waals surface area contributed by atoms with Gasteiger partial charge in [-0.05, 0) is 61.9 Å². The van der Waals surface area contributed by atoms with Gasteiger partial charge in [0.05, 0.1) is 18.6 Å². The molecule has 0 unspecified atom stereocenters. The number of amides is 3. The van der Waals surface area contributed by atoms with Crippen LogP contribution in [-0.4, -0.2) is 32.5 Å². The molecule has 34 heavy (non-hydrogen) atoms. The summed E-state index contributed by atoms with van der Waals surface area (Å²) in [4.78, 5) is 24.7. The standard InChI is InChI=1S/C24H22ClN5O3S/c1-15-5-10-20(16(2)12-15)26-23(32)27-21(31)14-34-24-29-28-22(17-6-8-18(25)9-7-17)30(24)13-19-4-3-11-33-19/h3-12H,13-14H2,1-2H3,(H2,26,27,31,32). The van der Waals surface area contributed by atoms with E-state index in [2.05, 4.69) is 20.8 Å². The molecule has 0 aliphatic carbocycles. The Balaban J connectivity index is 1.43. The van der Waals surface area contributed by atoms with Crippen LogP contribution >= 0.6 is 23.4 Å². The van der Waals surface area contributed by atoms with Crippen molar-refractivity contribution in [2.75, 3.05) is 11.1 Å². The van der Waals surface area contributed by atoms with Crippen LogP contribution in [0.3, 0.4) is 0 Å². The van der Waals surface area contributed by atoms with E-state index < -0.39 is 11.9 Å². The maximum Gasteiger partial charge on any atom is 0.325 e. The lowest BCUT2D eigenvalue weighted by molar-refractivity contribution is -0.117. The zero-order valence-corrected chi connectivity index (χ0v) is 20.1. The van der Waals surface area contributed by atoms with Gasteiger partial charge in [0.15, 0.2) is 11.0 Å². The highest BCUT2D eigenvalue weighted by atomic mass is 35.5. The molecule has 0 bridgehead atoms. The molecule has 10 heteroatoms. The summed E-state index contributed by atoms with van der Waals surface area (Å²) in [5.41, 5.74) is 3.48. The third kappa shape index (κ3) is 5.86. The minimum atomic E-state index is -0.587. The predicted molar refractivity (Wildman–Crippen MR) is 132 cm³/mol. The van der Waals surface area contributed by atoms with E-state index in [1.807, 2.05) is 48.7 Å². The van der Waals surface area contributed by atoms with E-state index in [-0.39, 0.29) is 5.75 Å². The number of hydrogen-bond acceptors (Lipinski definition) is 6. The number of carbonyl (C=O) groups excluding carboxylic acids is 2. The van der Waals surface area contributed by atoms with E-state index in [4.69, 9.17) is 16.0 Å². The fraction of sp³-hybridized carbons (Fsp3) is 0.167. The molecule has 0 spiro atoms. The predicted octanol–water partition coefficient (Wildman–Crippen LogP) is 5.30. The van der Waals surface area contributed by atoms with Crippen molar-refractivity contribution in [1.82, 2.24) is 20.1 Å². The summed E-state index contributed by atoms with van der Waals surface area (Å²) < 4.78 is 7.34. The quantitative estimate of drug-likeness (QED) is 0.337. The number of benzene rings is 2. The molecule has 0 aliphatic rings. The van der Waals surface area contributed by atoms with Crippen LogP contribution in [0.2, 0.25) is 5.02 Å². The summed E-state index contributed by atoms with van der Waals surface area (Å²) >= 11 is 7.19. The SMILES string of the molecule is Cc1ccc(NC(=O)NC(=O)CSc2nnc(-c3ccc(Cl)cc3)n2Cc2ccco2)c(C)c1. The summed E-state index contributed by atoms with van der Waals surface area (Å²) in [7, 11) is 0. The van der Waals surface area contributed by atoms with Gasteiger partial charge in [0.2, 0.25) is 5.91 Å². The molecule has 3 amide bonds. The van der Waals surface area contributed by atoms with Gasteiger partial charge in [-0.2, -0.15) is 0 Å². The number of carbonyl (C=O) groups is 2. The van der Waals surface area contributed by atoms with Gasteiger partial charge in [0.1, 0.15) is 5.76 Å². The van der Waals surface area contributed by atoms with E-state index >= 15 is 0 Å². The van der Waals surface area contributed by atoms with Gasteiger partial charge in [-0.3, -0.25) is 14.7 Å². The third-order valence-corrected chi connectivity index (χ3v) is 6.15. The van der Waals surface area contributed by atoms with Gasteiger partial charge in [-0.15, -0.1) is 10.2 Å². The number of anilines is 1. The Morgan fingerprint density at radius 3 is 2.59 bits per heavy atom. The van der Waals surface area contributed by atoms with Gasteiger partial charge < -0.3 is 9.73 Å². The number of nitrogens with one attached hydrogen (secondary N) is 2.